The molecule has 0 spiro atoms. The van der Waals surface area contributed by atoms with E-state index in [4.69, 9.17) is 16.3 Å². The fraction of sp³-hybridized carbons (Fsp3) is 0.0417. The van der Waals surface area contributed by atoms with Gasteiger partial charge >= 0.3 is 5.97 Å². The van der Waals surface area contributed by atoms with Crippen molar-refractivity contribution >= 4 is 57.9 Å². The number of carbonyl (C=O) groups excluding carboxylic acids is 3. The summed E-state index contributed by atoms with van der Waals surface area (Å²) < 4.78 is 19.3. The second-order valence-corrected chi connectivity index (χ2v) is 9.08. The topological polar surface area (TPSA) is 150 Å². The molecule has 2 amide bonds. The van der Waals surface area contributed by atoms with Crippen LogP contribution in [0.15, 0.2) is 65.6 Å². The zero-order valence-corrected chi connectivity index (χ0v) is 20.4. The monoisotopic (exact) mass is 557 g/mol. The van der Waals surface area contributed by atoms with E-state index in [-0.39, 0.29) is 27.8 Å². The molecule has 0 bridgehead atoms. The maximum absolute atomic E-state index is 14.1. The fourth-order valence-electron chi connectivity index (χ4n) is 3.39. The molecule has 192 valence electrons. The highest BCUT2D eigenvalue weighted by Crippen LogP contribution is 2.35. The molecule has 11 nitrogen and oxygen atoms in total. The van der Waals surface area contributed by atoms with E-state index >= 15 is 0 Å². The van der Waals surface area contributed by atoms with Crippen molar-refractivity contribution in [2.45, 2.75) is 6.54 Å². The molecule has 3 aromatic carbocycles. The van der Waals surface area contributed by atoms with E-state index in [1.54, 1.807) is 6.07 Å². The zero-order valence-electron chi connectivity index (χ0n) is 18.8. The van der Waals surface area contributed by atoms with Gasteiger partial charge in [-0.2, -0.15) is 0 Å². The lowest BCUT2D eigenvalue weighted by molar-refractivity contribution is -0.394. The third-order valence-corrected chi connectivity index (χ3v) is 6.44. The van der Waals surface area contributed by atoms with Crippen LogP contribution in [-0.4, -0.2) is 31.9 Å². The molecule has 1 aliphatic heterocycles. The van der Waals surface area contributed by atoms with E-state index in [9.17, 15) is 39.0 Å². The molecule has 38 heavy (non-hydrogen) atoms. The molecular weight excluding hydrogens is 545 g/mol. The molecule has 0 N–H and O–H groups in total. The second-order valence-electron chi connectivity index (χ2n) is 7.68. The van der Waals surface area contributed by atoms with Gasteiger partial charge in [0.05, 0.1) is 32.9 Å². The Balaban J connectivity index is 1.54. The first-order valence-corrected chi connectivity index (χ1v) is 11.7. The molecule has 4 rings (SSSR count). The lowest BCUT2D eigenvalue weighted by atomic mass is 10.1. The maximum atomic E-state index is 14.1. The Labute approximate surface area is 221 Å². The number of imide groups is 1. The van der Waals surface area contributed by atoms with Crippen molar-refractivity contribution in [1.82, 2.24) is 4.90 Å². The Morgan fingerprint density at radius 3 is 2.32 bits per heavy atom. The standard InChI is InChI=1S/C24H13ClFN3O8S/c25-19-5-2-6-20(26)18(19)12-27-22(30)21(38-24(27)32)8-13-3-1-4-17(7-13)37-23(31)14-9-15(28(33)34)11-16(10-14)29(35)36/h1-11H,12H2/b21-8-. The Bertz CT molecular complexity index is 1510. The molecule has 1 aliphatic rings. The lowest BCUT2D eigenvalue weighted by Gasteiger charge is -2.14. The molecule has 0 aliphatic carbocycles. The third-order valence-electron chi connectivity index (χ3n) is 5.18. The molecule has 3 aromatic rings. The molecule has 1 heterocycles. The van der Waals surface area contributed by atoms with Crippen LogP contribution >= 0.6 is 23.4 Å². The summed E-state index contributed by atoms with van der Waals surface area (Å²) >= 11 is 6.63. The summed E-state index contributed by atoms with van der Waals surface area (Å²) in [5.74, 6) is -2.46. The lowest BCUT2D eigenvalue weighted by Crippen LogP contribution is -2.28. The summed E-state index contributed by atoms with van der Waals surface area (Å²) in [5.41, 5.74) is -1.38. The molecule has 0 saturated carbocycles. The van der Waals surface area contributed by atoms with Gasteiger partial charge in [-0.1, -0.05) is 29.8 Å². The number of amides is 2. The third kappa shape index (κ3) is 5.68. The largest absolute Gasteiger partial charge is 0.423 e. The SMILES string of the molecule is O=C(Oc1cccc(/C=C2\SC(=O)N(Cc3c(F)cccc3Cl)C2=O)c1)c1cc([N+](=O)[O-])cc([N+](=O)[O-])c1. The highest BCUT2D eigenvalue weighted by Gasteiger charge is 2.36. The average Bonchev–Trinajstić information content (AvgIpc) is 3.13. The summed E-state index contributed by atoms with van der Waals surface area (Å²) in [6.45, 7) is -0.361. The number of nitrogens with zero attached hydrogens (tertiary/aromatic N) is 3. The summed E-state index contributed by atoms with van der Waals surface area (Å²) in [4.78, 5) is 59.1. The summed E-state index contributed by atoms with van der Waals surface area (Å²) in [6.07, 6.45) is 1.36. The average molecular weight is 558 g/mol. The number of carbonyl (C=O) groups is 3. The van der Waals surface area contributed by atoms with Crippen molar-refractivity contribution in [3.63, 3.8) is 0 Å². The zero-order chi connectivity index (χ0) is 27.6. The van der Waals surface area contributed by atoms with Gasteiger partial charge in [-0.05, 0) is 47.7 Å². The van der Waals surface area contributed by atoms with Crippen molar-refractivity contribution in [2.75, 3.05) is 0 Å². The van der Waals surface area contributed by atoms with Gasteiger partial charge in [-0.15, -0.1) is 0 Å². The van der Waals surface area contributed by atoms with Crippen LogP contribution < -0.4 is 4.74 Å². The summed E-state index contributed by atoms with van der Waals surface area (Å²) in [7, 11) is 0. The second kappa shape index (κ2) is 10.8. The van der Waals surface area contributed by atoms with Crippen LogP contribution in [0.25, 0.3) is 6.08 Å². The first kappa shape index (κ1) is 26.4. The van der Waals surface area contributed by atoms with E-state index in [0.717, 1.165) is 23.1 Å². The highest BCUT2D eigenvalue weighted by molar-refractivity contribution is 8.18. The van der Waals surface area contributed by atoms with Crippen molar-refractivity contribution in [3.8, 4) is 5.75 Å². The van der Waals surface area contributed by atoms with E-state index < -0.39 is 49.7 Å². The van der Waals surface area contributed by atoms with Crippen molar-refractivity contribution in [1.29, 1.82) is 0 Å². The number of nitro benzene ring substituents is 2. The molecule has 0 aromatic heterocycles. The van der Waals surface area contributed by atoms with Gasteiger partial charge in [0.15, 0.2) is 0 Å². The quantitative estimate of drug-likeness (QED) is 0.116. The minimum atomic E-state index is -1.09. The smallest absolute Gasteiger partial charge is 0.344 e. The molecule has 0 radical (unpaired) electrons. The number of non-ortho nitro benzene ring substituents is 2. The number of halogens is 2. The van der Waals surface area contributed by atoms with Crippen LogP contribution in [0.4, 0.5) is 20.6 Å². The Morgan fingerprint density at radius 2 is 1.68 bits per heavy atom. The Hall–Kier alpha value is -4.62. The predicted octanol–water partition coefficient (Wildman–Crippen LogP) is 5.75. The van der Waals surface area contributed by atoms with Crippen molar-refractivity contribution in [2.24, 2.45) is 0 Å². The number of esters is 1. The van der Waals surface area contributed by atoms with Gasteiger partial charge in [-0.25, -0.2) is 9.18 Å². The van der Waals surface area contributed by atoms with E-state index in [0.29, 0.717) is 23.4 Å². The maximum Gasteiger partial charge on any atom is 0.344 e. The van der Waals surface area contributed by atoms with Crippen LogP contribution in [0.2, 0.25) is 5.02 Å². The van der Waals surface area contributed by atoms with Crippen LogP contribution in [0, 0.1) is 26.0 Å². The minimum absolute atomic E-state index is 0.00647. The number of hydrogen-bond acceptors (Lipinski definition) is 9. The fourth-order valence-corrected chi connectivity index (χ4v) is 4.45. The Kier molecular flexibility index (Phi) is 7.50. The molecule has 1 saturated heterocycles. The van der Waals surface area contributed by atoms with Crippen LogP contribution in [0.3, 0.4) is 0 Å². The number of hydrogen-bond donors (Lipinski definition) is 0. The van der Waals surface area contributed by atoms with Crippen molar-refractivity contribution < 1.29 is 33.4 Å². The predicted molar refractivity (Wildman–Crippen MR) is 134 cm³/mol. The number of nitro groups is 2. The summed E-state index contributed by atoms with van der Waals surface area (Å²) in [6, 6.07) is 12.2. The minimum Gasteiger partial charge on any atom is -0.423 e. The van der Waals surface area contributed by atoms with Crippen LogP contribution in [0.5, 0.6) is 5.75 Å². The Morgan fingerprint density at radius 1 is 1.03 bits per heavy atom. The van der Waals surface area contributed by atoms with Gasteiger partial charge in [0.25, 0.3) is 22.5 Å². The van der Waals surface area contributed by atoms with Crippen LogP contribution in [-0.2, 0) is 11.3 Å². The molecular formula is C24H13ClFN3O8S. The van der Waals surface area contributed by atoms with Gasteiger partial charge in [0, 0.05) is 22.7 Å². The molecule has 1 fully saturated rings. The molecule has 0 unspecified atom stereocenters. The van der Waals surface area contributed by atoms with Gasteiger partial charge in [-0.3, -0.25) is 34.7 Å². The number of thioether (sulfide) groups is 1. The van der Waals surface area contributed by atoms with E-state index in [2.05, 4.69) is 0 Å². The van der Waals surface area contributed by atoms with Gasteiger partial charge < -0.3 is 4.74 Å². The van der Waals surface area contributed by atoms with E-state index in [1.165, 1.54) is 36.4 Å². The van der Waals surface area contributed by atoms with Crippen molar-refractivity contribution in [3.05, 3.63) is 113 Å². The summed E-state index contributed by atoms with van der Waals surface area (Å²) in [5, 5.41) is 21.6. The number of ether oxygens (including phenoxy) is 1. The molecule has 0 atom stereocenters. The van der Waals surface area contributed by atoms with Gasteiger partial charge in [0.1, 0.15) is 11.6 Å². The number of benzene rings is 3. The van der Waals surface area contributed by atoms with E-state index in [1.807, 2.05) is 0 Å². The van der Waals surface area contributed by atoms with Crippen LogP contribution in [0.1, 0.15) is 21.5 Å². The highest BCUT2D eigenvalue weighted by atomic mass is 35.5. The normalized spacial score (nSPS) is 14.2. The first-order valence-electron chi connectivity index (χ1n) is 10.5. The van der Waals surface area contributed by atoms with Gasteiger partial charge in [0.2, 0.25) is 0 Å². The number of rotatable bonds is 7. The first-order chi connectivity index (χ1) is 18.0. The molecule has 14 heteroatoms.